The number of methoxy groups -OCH3 is 1. The number of ether oxygens (including phenoxy) is 1. The molecule has 6 nitrogen and oxygen atoms in total. The summed E-state index contributed by atoms with van der Waals surface area (Å²) in [5, 5.41) is 8.70. The van der Waals surface area contributed by atoms with Crippen LogP contribution in [-0.2, 0) is 36.1 Å². The molecule has 0 aliphatic heterocycles. The second-order valence-electron chi connectivity index (χ2n) is 7.26. The summed E-state index contributed by atoms with van der Waals surface area (Å²) in [6.45, 7) is 6.07. The molecule has 1 N–H and O–H groups in total. The summed E-state index contributed by atoms with van der Waals surface area (Å²) >= 11 is 0. The zero-order valence-electron chi connectivity index (χ0n) is 17.3. The topological polar surface area (TPSA) is 61.1 Å². The van der Waals surface area contributed by atoms with Crippen molar-refractivity contribution in [3.8, 4) is 0 Å². The fourth-order valence-electron chi connectivity index (χ4n) is 3.68. The molecule has 0 unspecified atom stereocenters. The van der Waals surface area contributed by atoms with Crippen LogP contribution in [0.15, 0.2) is 30.5 Å². The number of benzene rings is 1. The number of nitrogens with zero attached hydrogens (tertiary/aromatic N) is 3. The summed E-state index contributed by atoms with van der Waals surface area (Å²) in [7, 11) is 3.65. The number of rotatable bonds is 9. The summed E-state index contributed by atoms with van der Waals surface area (Å²) in [6, 6.07) is 8.42. The molecule has 0 fully saturated rings. The Morgan fingerprint density at radius 1 is 1.25 bits per heavy atom. The molecule has 0 saturated heterocycles. The molecule has 0 radical (unpaired) electrons. The molecular formula is C22H30N4O2. The molecule has 28 heavy (non-hydrogen) atoms. The molecule has 6 heteroatoms. The van der Waals surface area contributed by atoms with Gasteiger partial charge in [0.1, 0.15) is 0 Å². The maximum atomic E-state index is 12.3. The normalized spacial score (nSPS) is 11.3. The van der Waals surface area contributed by atoms with Gasteiger partial charge in [0.25, 0.3) is 0 Å². The van der Waals surface area contributed by atoms with Gasteiger partial charge in [-0.15, -0.1) is 0 Å². The van der Waals surface area contributed by atoms with Gasteiger partial charge < -0.3 is 14.6 Å². The molecule has 0 atom stereocenters. The van der Waals surface area contributed by atoms with Crippen LogP contribution in [-0.4, -0.2) is 34.0 Å². The second-order valence-corrected chi connectivity index (χ2v) is 7.26. The van der Waals surface area contributed by atoms with Crippen molar-refractivity contribution in [2.24, 2.45) is 7.05 Å². The van der Waals surface area contributed by atoms with Gasteiger partial charge >= 0.3 is 0 Å². The first-order chi connectivity index (χ1) is 13.5. The Hall–Kier alpha value is -2.60. The average Bonchev–Trinajstić information content (AvgIpc) is 3.15. The molecule has 3 rings (SSSR count). The first kappa shape index (κ1) is 20.1. The molecule has 150 valence electrons. The van der Waals surface area contributed by atoms with Crippen molar-refractivity contribution in [1.29, 1.82) is 0 Å². The molecule has 2 heterocycles. The van der Waals surface area contributed by atoms with E-state index in [1.54, 1.807) is 7.11 Å². The van der Waals surface area contributed by atoms with Gasteiger partial charge in [-0.05, 0) is 38.3 Å². The third kappa shape index (κ3) is 4.44. The van der Waals surface area contributed by atoms with Crippen LogP contribution in [0.25, 0.3) is 10.9 Å². The van der Waals surface area contributed by atoms with E-state index in [-0.39, 0.29) is 5.91 Å². The third-order valence-electron chi connectivity index (χ3n) is 5.38. The molecule has 3 aromatic rings. The van der Waals surface area contributed by atoms with Gasteiger partial charge in [-0.1, -0.05) is 18.2 Å². The second kappa shape index (κ2) is 9.06. The van der Waals surface area contributed by atoms with Crippen LogP contribution in [0.4, 0.5) is 0 Å². The quantitative estimate of drug-likeness (QED) is 0.618. The highest BCUT2D eigenvalue weighted by atomic mass is 16.5. The van der Waals surface area contributed by atoms with E-state index >= 15 is 0 Å². The highest BCUT2D eigenvalue weighted by Gasteiger charge is 2.12. The standard InChI is InChI=1S/C22H30N4O2/c1-16-20(17(2)25(3)24-16)14-23-22(27)11-7-8-18-15-26(12-13-28-4)21-10-6-5-9-19(18)21/h5-6,9-10,15H,7-8,11-14H2,1-4H3,(H,23,27). The Kier molecular flexibility index (Phi) is 6.52. The lowest BCUT2D eigenvalue weighted by atomic mass is 10.1. The van der Waals surface area contributed by atoms with Crippen molar-refractivity contribution in [2.75, 3.05) is 13.7 Å². The Morgan fingerprint density at radius 2 is 2.04 bits per heavy atom. The number of nitrogens with one attached hydrogen (secondary N) is 1. The zero-order chi connectivity index (χ0) is 20.1. The average molecular weight is 383 g/mol. The van der Waals surface area contributed by atoms with Crippen molar-refractivity contribution in [3.63, 3.8) is 0 Å². The van der Waals surface area contributed by atoms with Gasteiger partial charge in [0.15, 0.2) is 0 Å². The number of hydrogen-bond donors (Lipinski definition) is 1. The SMILES string of the molecule is COCCn1cc(CCCC(=O)NCc2c(C)nn(C)c2C)c2ccccc21. The monoisotopic (exact) mass is 382 g/mol. The molecule has 0 aliphatic carbocycles. The Bertz CT molecular complexity index is 955. The lowest BCUT2D eigenvalue weighted by molar-refractivity contribution is -0.121. The van der Waals surface area contributed by atoms with Crippen LogP contribution in [0, 0.1) is 13.8 Å². The van der Waals surface area contributed by atoms with Gasteiger partial charge in [-0.2, -0.15) is 5.10 Å². The summed E-state index contributed by atoms with van der Waals surface area (Å²) < 4.78 is 9.31. The van der Waals surface area contributed by atoms with E-state index in [0.717, 1.165) is 36.3 Å². The fourth-order valence-corrected chi connectivity index (χ4v) is 3.68. The molecule has 1 amide bonds. The van der Waals surface area contributed by atoms with Crippen molar-refractivity contribution in [1.82, 2.24) is 19.7 Å². The fraction of sp³-hybridized carbons (Fsp3) is 0.455. The van der Waals surface area contributed by atoms with Gasteiger partial charge in [-0.25, -0.2) is 0 Å². The Morgan fingerprint density at radius 3 is 2.75 bits per heavy atom. The van der Waals surface area contributed by atoms with Gasteiger partial charge in [0.2, 0.25) is 5.91 Å². The molecule has 0 saturated carbocycles. The maximum Gasteiger partial charge on any atom is 0.220 e. The third-order valence-corrected chi connectivity index (χ3v) is 5.38. The molecule has 0 spiro atoms. The molecule has 2 aromatic heterocycles. The van der Waals surface area contributed by atoms with E-state index in [2.05, 4.69) is 45.4 Å². The van der Waals surface area contributed by atoms with Gasteiger partial charge in [0, 0.05) is 62.0 Å². The van der Waals surface area contributed by atoms with Crippen molar-refractivity contribution >= 4 is 16.8 Å². The summed E-state index contributed by atoms with van der Waals surface area (Å²) in [5.41, 5.74) is 5.70. The number of carbonyl (C=O) groups excluding carboxylic acids is 1. The van der Waals surface area contributed by atoms with Gasteiger partial charge in [-0.3, -0.25) is 9.48 Å². The molecule has 1 aromatic carbocycles. The van der Waals surface area contributed by atoms with Crippen molar-refractivity contribution in [2.45, 2.75) is 46.2 Å². The Labute approximate surface area is 166 Å². The predicted octanol–water partition coefficient (Wildman–Crippen LogP) is 3.28. The highest BCUT2D eigenvalue weighted by Crippen LogP contribution is 2.23. The lowest BCUT2D eigenvalue weighted by Gasteiger charge is -2.06. The molecule has 0 aliphatic rings. The van der Waals surface area contributed by atoms with Crippen LogP contribution in [0.5, 0.6) is 0 Å². The predicted molar refractivity (Wildman–Crippen MR) is 111 cm³/mol. The minimum atomic E-state index is 0.0887. The highest BCUT2D eigenvalue weighted by molar-refractivity contribution is 5.84. The number of carbonyl (C=O) groups is 1. The van der Waals surface area contributed by atoms with Crippen LogP contribution in [0.1, 0.15) is 35.4 Å². The van der Waals surface area contributed by atoms with E-state index in [1.165, 1.54) is 16.5 Å². The summed E-state index contributed by atoms with van der Waals surface area (Å²) in [6.07, 6.45) is 4.44. The lowest BCUT2D eigenvalue weighted by Crippen LogP contribution is -2.23. The first-order valence-electron chi connectivity index (χ1n) is 9.82. The van der Waals surface area contributed by atoms with E-state index < -0.39 is 0 Å². The molecule has 0 bridgehead atoms. The van der Waals surface area contributed by atoms with E-state index in [1.807, 2.05) is 25.6 Å². The smallest absolute Gasteiger partial charge is 0.220 e. The minimum absolute atomic E-state index is 0.0887. The van der Waals surface area contributed by atoms with E-state index in [0.29, 0.717) is 19.6 Å². The summed E-state index contributed by atoms with van der Waals surface area (Å²) in [4.78, 5) is 12.3. The Balaban J connectivity index is 1.55. The van der Waals surface area contributed by atoms with Crippen LogP contribution >= 0.6 is 0 Å². The van der Waals surface area contributed by atoms with E-state index in [9.17, 15) is 4.79 Å². The molecular weight excluding hydrogens is 352 g/mol. The van der Waals surface area contributed by atoms with Crippen molar-refractivity contribution < 1.29 is 9.53 Å². The number of hydrogen-bond acceptors (Lipinski definition) is 3. The van der Waals surface area contributed by atoms with Gasteiger partial charge in [0.05, 0.1) is 12.3 Å². The number of amides is 1. The summed E-state index contributed by atoms with van der Waals surface area (Å²) in [5.74, 6) is 0.0887. The number of para-hydroxylation sites is 1. The minimum Gasteiger partial charge on any atom is -0.383 e. The van der Waals surface area contributed by atoms with Crippen molar-refractivity contribution in [3.05, 3.63) is 53.0 Å². The maximum absolute atomic E-state index is 12.3. The van der Waals surface area contributed by atoms with E-state index in [4.69, 9.17) is 4.74 Å². The van der Waals surface area contributed by atoms with Crippen LogP contribution < -0.4 is 5.32 Å². The van der Waals surface area contributed by atoms with Crippen LogP contribution in [0.3, 0.4) is 0 Å². The largest absolute Gasteiger partial charge is 0.383 e. The van der Waals surface area contributed by atoms with Crippen LogP contribution in [0.2, 0.25) is 0 Å². The number of fused-ring (bicyclic) bond motifs is 1. The zero-order valence-corrected chi connectivity index (χ0v) is 17.3. The first-order valence-corrected chi connectivity index (χ1v) is 9.82. The number of aryl methyl sites for hydroxylation is 3. The number of aromatic nitrogens is 3.